The molecule has 0 atom stereocenters. The van der Waals surface area contributed by atoms with Crippen molar-refractivity contribution in [3.63, 3.8) is 0 Å². The summed E-state index contributed by atoms with van der Waals surface area (Å²) >= 11 is 0. The maximum absolute atomic E-state index is 12.5. The number of nitrogens with zero attached hydrogens (tertiary/aromatic N) is 4. The summed E-state index contributed by atoms with van der Waals surface area (Å²) in [6.45, 7) is 9.39. The minimum atomic E-state index is 0.278. The number of aryl methyl sites for hydroxylation is 2. The molecule has 0 bridgehead atoms. The van der Waals surface area contributed by atoms with Gasteiger partial charge in [-0.1, -0.05) is 67.4 Å². The second-order valence-electron chi connectivity index (χ2n) is 8.94. The molecule has 172 valence electrons. The van der Waals surface area contributed by atoms with Crippen molar-refractivity contribution in [2.75, 3.05) is 31.1 Å². The van der Waals surface area contributed by atoms with Crippen LogP contribution in [0.2, 0.25) is 0 Å². The van der Waals surface area contributed by atoms with Gasteiger partial charge in [0.05, 0.1) is 0 Å². The third kappa shape index (κ3) is 5.59. The number of amides is 1. The number of aromatic nitrogens is 2. The third-order valence-corrected chi connectivity index (χ3v) is 6.37. The van der Waals surface area contributed by atoms with Crippen LogP contribution in [0.15, 0.2) is 54.6 Å². The Morgan fingerprint density at radius 1 is 0.939 bits per heavy atom. The lowest BCUT2D eigenvalue weighted by molar-refractivity contribution is -0.131. The Bertz CT molecular complexity index is 1090. The van der Waals surface area contributed by atoms with E-state index in [0.717, 1.165) is 68.3 Å². The van der Waals surface area contributed by atoms with Gasteiger partial charge in [0.25, 0.3) is 0 Å². The van der Waals surface area contributed by atoms with Crippen LogP contribution in [-0.4, -0.2) is 47.0 Å². The van der Waals surface area contributed by atoms with Crippen molar-refractivity contribution in [3.05, 3.63) is 77.0 Å². The fraction of sp³-hybridized carbons (Fsp3) is 0.393. The zero-order valence-electron chi connectivity index (χ0n) is 20.1. The van der Waals surface area contributed by atoms with Crippen LogP contribution >= 0.6 is 0 Å². The Balaban J connectivity index is 1.64. The number of carbonyl (C=O) groups is 1. The number of carbonyl (C=O) groups excluding carboxylic acids is 1. The van der Waals surface area contributed by atoms with Crippen molar-refractivity contribution < 1.29 is 4.79 Å². The molecule has 5 nitrogen and oxygen atoms in total. The Morgan fingerprint density at radius 3 is 2.39 bits per heavy atom. The summed E-state index contributed by atoms with van der Waals surface area (Å²) < 4.78 is 0. The Labute approximate surface area is 197 Å². The van der Waals surface area contributed by atoms with Gasteiger partial charge in [-0.3, -0.25) is 4.79 Å². The summed E-state index contributed by atoms with van der Waals surface area (Å²) in [5.74, 6) is 2.05. The van der Waals surface area contributed by atoms with Gasteiger partial charge in [0, 0.05) is 55.8 Å². The summed E-state index contributed by atoms with van der Waals surface area (Å²) in [5.41, 5.74) is 5.68. The zero-order valence-corrected chi connectivity index (χ0v) is 20.1. The number of hydrogen-bond donors (Lipinski definition) is 0. The zero-order chi connectivity index (χ0) is 23.2. The fourth-order valence-corrected chi connectivity index (χ4v) is 4.42. The van der Waals surface area contributed by atoms with Crippen LogP contribution < -0.4 is 4.90 Å². The SMILES string of the molecule is CCCCC(=O)N1CCN(c2nc(-c3cccc(C)c3)nc(C)c2Cc2ccccc2)CC1. The van der Waals surface area contributed by atoms with Crippen LogP contribution in [0.3, 0.4) is 0 Å². The number of hydrogen-bond acceptors (Lipinski definition) is 4. The minimum absolute atomic E-state index is 0.278. The van der Waals surface area contributed by atoms with E-state index in [1.165, 1.54) is 16.7 Å². The molecule has 1 aliphatic heterocycles. The van der Waals surface area contributed by atoms with E-state index in [9.17, 15) is 4.79 Å². The van der Waals surface area contributed by atoms with Gasteiger partial charge in [-0.25, -0.2) is 9.97 Å². The predicted molar refractivity (Wildman–Crippen MR) is 135 cm³/mol. The number of anilines is 1. The van der Waals surface area contributed by atoms with Gasteiger partial charge in [0.1, 0.15) is 5.82 Å². The lowest BCUT2D eigenvalue weighted by Gasteiger charge is -2.36. The normalized spacial score (nSPS) is 13.9. The van der Waals surface area contributed by atoms with Gasteiger partial charge >= 0.3 is 0 Å². The van der Waals surface area contributed by atoms with Gasteiger partial charge in [0.2, 0.25) is 5.91 Å². The highest BCUT2D eigenvalue weighted by molar-refractivity contribution is 5.76. The van der Waals surface area contributed by atoms with E-state index in [1.54, 1.807) is 0 Å². The molecule has 2 heterocycles. The topological polar surface area (TPSA) is 49.3 Å². The summed E-state index contributed by atoms with van der Waals surface area (Å²) in [5, 5.41) is 0. The molecule has 0 saturated carbocycles. The summed E-state index contributed by atoms with van der Waals surface area (Å²) in [4.78, 5) is 26.9. The Hall–Kier alpha value is -3.21. The smallest absolute Gasteiger partial charge is 0.222 e. The number of benzene rings is 2. The van der Waals surface area contributed by atoms with E-state index in [-0.39, 0.29) is 5.91 Å². The minimum Gasteiger partial charge on any atom is -0.353 e. The first-order valence-electron chi connectivity index (χ1n) is 12.1. The molecular weight excluding hydrogens is 408 g/mol. The van der Waals surface area contributed by atoms with Crippen molar-refractivity contribution in [3.8, 4) is 11.4 Å². The Kier molecular flexibility index (Phi) is 7.38. The molecular formula is C28H34N4O. The van der Waals surface area contributed by atoms with Crippen molar-refractivity contribution in [2.24, 2.45) is 0 Å². The molecule has 0 N–H and O–H groups in total. The molecule has 0 spiro atoms. The molecule has 0 aliphatic carbocycles. The summed E-state index contributed by atoms with van der Waals surface area (Å²) in [6.07, 6.45) is 3.47. The van der Waals surface area contributed by atoms with Gasteiger partial charge in [-0.15, -0.1) is 0 Å². The molecule has 0 unspecified atom stereocenters. The molecule has 1 fully saturated rings. The second kappa shape index (κ2) is 10.6. The van der Waals surface area contributed by atoms with Crippen molar-refractivity contribution in [2.45, 2.75) is 46.5 Å². The van der Waals surface area contributed by atoms with Crippen LogP contribution in [0.4, 0.5) is 5.82 Å². The largest absolute Gasteiger partial charge is 0.353 e. The molecule has 4 rings (SSSR count). The van der Waals surface area contributed by atoms with Crippen LogP contribution in [-0.2, 0) is 11.2 Å². The van der Waals surface area contributed by atoms with Crippen LogP contribution in [0.5, 0.6) is 0 Å². The molecule has 1 aliphatic rings. The maximum atomic E-state index is 12.5. The number of piperazine rings is 1. The molecule has 3 aromatic rings. The van der Waals surface area contributed by atoms with E-state index in [4.69, 9.17) is 9.97 Å². The molecule has 33 heavy (non-hydrogen) atoms. The lowest BCUT2D eigenvalue weighted by Crippen LogP contribution is -2.49. The first-order chi connectivity index (χ1) is 16.0. The monoisotopic (exact) mass is 442 g/mol. The van der Waals surface area contributed by atoms with E-state index in [2.05, 4.69) is 74.2 Å². The van der Waals surface area contributed by atoms with E-state index in [1.807, 2.05) is 11.0 Å². The van der Waals surface area contributed by atoms with Crippen LogP contribution in [0.25, 0.3) is 11.4 Å². The highest BCUT2D eigenvalue weighted by Gasteiger charge is 2.25. The maximum Gasteiger partial charge on any atom is 0.222 e. The van der Waals surface area contributed by atoms with Crippen molar-refractivity contribution >= 4 is 11.7 Å². The third-order valence-electron chi connectivity index (χ3n) is 6.37. The molecule has 2 aromatic carbocycles. The lowest BCUT2D eigenvalue weighted by atomic mass is 10.0. The fourth-order valence-electron chi connectivity index (χ4n) is 4.42. The standard InChI is InChI=1S/C28H34N4O/c1-4-5-14-26(33)31-15-17-32(18-16-31)28-25(20-23-11-7-6-8-12-23)22(3)29-27(30-28)24-13-9-10-21(2)19-24/h6-13,19H,4-5,14-18,20H2,1-3H3. The number of unbranched alkanes of at least 4 members (excludes halogenated alkanes) is 1. The highest BCUT2D eigenvalue weighted by Crippen LogP contribution is 2.28. The van der Waals surface area contributed by atoms with Crippen molar-refractivity contribution in [1.29, 1.82) is 0 Å². The van der Waals surface area contributed by atoms with Gasteiger partial charge in [0.15, 0.2) is 5.82 Å². The second-order valence-corrected chi connectivity index (χ2v) is 8.94. The molecule has 1 aromatic heterocycles. The van der Waals surface area contributed by atoms with E-state index in [0.29, 0.717) is 6.42 Å². The van der Waals surface area contributed by atoms with E-state index >= 15 is 0 Å². The van der Waals surface area contributed by atoms with Crippen molar-refractivity contribution in [1.82, 2.24) is 14.9 Å². The first-order valence-corrected chi connectivity index (χ1v) is 12.1. The highest BCUT2D eigenvalue weighted by atomic mass is 16.2. The average Bonchev–Trinajstić information content (AvgIpc) is 2.84. The van der Waals surface area contributed by atoms with Gasteiger partial charge < -0.3 is 9.80 Å². The Morgan fingerprint density at radius 2 is 1.70 bits per heavy atom. The molecule has 1 saturated heterocycles. The number of rotatable bonds is 7. The van der Waals surface area contributed by atoms with E-state index < -0.39 is 0 Å². The quantitative estimate of drug-likeness (QED) is 0.505. The summed E-state index contributed by atoms with van der Waals surface area (Å²) in [7, 11) is 0. The van der Waals surface area contributed by atoms with Gasteiger partial charge in [-0.05, 0) is 31.9 Å². The average molecular weight is 443 g/mol. The van der Waals surface area contributed by atoms with Crippen LogP contribution in [0.1, 0.15) is 48.6 Å². The molecule has 1 amide bonds. The molecule has 0 radical (unpaired) electrons. The van der Waals surface area contributed by atoms with Gasteiger partial charge in [-0.2, -0.15) is 0 Å². The predicted octanol–water partition coefficient (Wildman–Crippen LogP) is 5.19. The molecule has 5 heteroatoms. The first kappa shape index (κ1) is 23.0. The summed E-state index contributed by atoms with van der Waals surface area (Å²) in [6, 6.07) is 18.9. The van der Waals surface area contributed by atoms with Crippen LogP contribution in [0, 0.1) is 13.8 Å².